The van der Waals surface area contributed by atoms with E-state index in [4.69, 9.17) is 9.47 Å². The zero-order valence-electron chi connectivity index (χ0n) is 20.5. The second kappa shape index (κ2) is 12.4. The zero-order chi connectivity index (χ0) is 23.8. The molecule has 4 rings (SSSR count). The van der Waals surface area contributed by atoms with Gasteiger partial charge in [-0.25, -0.2) is 8.42 Å². The summed E-state index contributed by atoms with van der Waals surface area (Å²) in [4.78, 5) is 15.3. The maximum Gasteiger partial charge on any atom is 0.161 e. The Bertz CT molecular complexity index is 904. The van der Waals surface area contributed by atoms with Crippen LogP contribution in [0.5, 0.6) is 11.5 Å². The minimum absolute atomic E-state index is 0.146. The molecule has 2 fully saturated rings. The number of carbonyl (C=O) groups is 1. The molecule has 34 heavy (non-hydrogen) atoms. The number of hydrogen-bond acceptors (Lipinski definition) is 6. The number of rotatable bonds is 12. The van der Waals surface area contributed by atoms with Crippen molar-refractivity contribution in [3.8, 4) is 11.5 Å². The van der Waals surface area contributed by atoms with Crippen LogP contribution in [-0.4, -0.2) is 63.0 Å². The molecule has 1 saturated carbocycles. The fourth-order valence-electron chi connectivity index (χ4n) is 5.72. The Morgan fingerprint density at radius 3 is 2.47 bits per heavy atom. The lowest BCUT2D eigenvalue weighted by molar-refractivity contribution is -0.120. The lowest BCUT2D eigenvalue weighted by atomic mass is 9.92. The van der Waals surface area contributed by atoms with Crippen LogP contribution >= 0.6 is 0 Å². The third kappa shape index (κ3) is 7.45. The van der Waals surface area contributed by atoms with Crippen LogP contribution in [-0.2, 0) is 21.1 Å². The van der Waals surface area contributed by atoms with E-state index in [-0.39, 0.29) is 22.7 Å². The van der Waals surface area contributed by atoms with Crippen LogP contribution in [0.15, 0.2) is 18.2 Å². The number of ether oxygens (including phenoxy) is 2. The van der Waals surface area contributed by atoms with Gasteiger partial charge >= 0.3 is 0 Å². The molecular formula is C27H41NO5S. The van der Waals surface area contributed by atoms with E-state index in [0.29, 0.717) is 38.9 Å². The maximum atomic E-state index is 12.9. The standard InChI is InChI=1S/C27H41NO5S/c29-24(8-4-7-17-34(30,31)25-9-2-1-3-10-25)19-23(21-28-13-5-6-14-28)18-22-11-12-26-27(20-22)33-16-15-32-26/h11-12,20,23,25H,1-10,13-19,21H2. The molecule has 0 amide bonds. The summed E-state index contributed by atoms with van der Waals surface area (Å²) >= 11 is 0. The van der Waals surface area contributed by atoms with Crippen LogP contribution in [0.2, 0.25) is 0 Å². The van der Waals surface area contributed by atoms with Crippen molar-refractivity contribution in [1.29, 1.82) is 0 Å². The van der Waals surface area contributed by atoms with Crippen molar-refractivity contribution in [2.75, 3.05) is 38.6 Å². The number of unbranched alkanes of at least 4 members (excludes halogenated alkanes) is 1. The van der Waals surface area contributed by atoms with Crippen molar-refractivity contribution in [2.45, 2.75) is 82.3 Å². The highest BCUT2D eigenvalue weighted by atomic mass is 32.2. The monoisotopic (exact) mass is 491 g/mol. The number of ketones is 1. The highest BCUT2D eigenvalue weighted by Gasteiger charge is 2.27. The number of carbonyl (C=O) groups excluding carboxylic acids is 1. The van der Waals surface area contributed by atoms with Gasteiger partial charge in [0.15, 0.2) is 21.3 Å². The number of sulfone groups is 1. The molecule has 2 aliphatic heterocycles. The first-order chi connectivity index (χ1) is 16.5. The second-order valence-corrected chi connectivity index (χ2v) is 12.8. The normalized spacial score (nSPS) is 20.4. The Balaban J connectivity index is 1.27. The van der Waals surface area contributed by atoms with Gasteiger partial charge < -0.3 is 14.4 Å². The first-order valence-corrected chi connectivity index (χ1v) is 15.1. The Hall–Kier alpha value is -1.60. The third-order valence-corrected chi connectivity index (χ3v) is 9.90. The van der Waals surface area contributed by atoms with E-state index in [2.05, 4.69) is 17.0 Å². The summed E-state index contributed by atoms with van der Waals surface area (Å²) in [5, 5.41) is -0.146. The summed E-state index contributed by atoms with van der Waals surface area (Å²) < 4.78 is 36.6. The van der Waals surface area contributed by atoms with Gasteiger partial charge in [-0.3, -0.25) is 4.79 Å². The number of nitrogens with zero attached hydrogens (tertiary/aromatic N) is 1. The third-order valence-electron chi connectivity index (χ3n) is 7.56. The van der Waals surface area contributed by atoms with Crippen LogP contribution < -0.4 is 9.47 Å². The van der Waals surface area contributed by atoms with E-state index in [1.165, 1.54) is 18.4 Å². The molecule has 6 nitrogen and oxygen atoms in total. The van der Waals surface area contributed by atoms with Crippen LogP contribution in [0.1, 0.15) is 76.2 Å². The summed E-state index contributed by atoms with van der Waals surface area (Å²) in [5.41, 5.74) is 1.18. The molecule has 0 N–H and O–H groups in total. The number of likely N-dealkylation sites (tertiary alicyclic amines) is 1. The molecule has 0 bridgehead atoms. The van der Waals surface area contributed by atoms with Crippen LogP contribution in [0.25, 0.3) is 0 Å². The summed E-state index contributed by atoms with van der Waals surface area (Å²) in [6.45, 7) is 4.33. The van der Waals surface area contributed by atoms with Gasteiger partial charge in [-0.1, -0.05) is 25.3 Å². The minimum Gasteiger partial charge on any atom is -0.486 e. The van der Waals surface area contributed by atoms with E-state index < -0.39 is 9.84 Å². The van der Waals surface area contributed by atoms with Crippen LogP contribution in [0, 0.1) is 5.92 Å². The number of benzene rings is 1. The molecule has 0 spiro atoms. The van der Waals surface area contributed by atoms with Gasteiger partial charge in [0, 0.05) is 19.4 Å². The molecule has 2 heterocycles. The molecule has 190 valence electrons. The molecule has 1 aliphatic carbocycles. The molecule has 1 saturated heterocycles. The summed E-state index contributed by atoms with van der Waals surface area (Å²) in [6.07, 6.45) is 10.5. The SMILES string of the molecule is O=C(CCCCS(=O)(=O)C1CCCCC1)CC(Cc1ccc2c(c1)OCCO2)CN1CCCC1. The lowest BCUT2D eigenvalue weighted by Crippen LogP contribution is -2.29. The number of hydrogen-bond donors (Lipinski definition) is 0. The van der Waals surface area contributed by atoms with Gasteiger partial charge in [-0.2, -0.15) is 0 Å². The van der Waals surface area contributed by atoms with Crippen LogP contribution in [0.4, 0.5) is 0 Å². The van der Waals surface area contributed by atoms with Gasteiger partial charge in [0.1, 0.15) is 19.0 Å². The van der Waals surface area contributed by atoms with Crippen molar-refractivity contribution < 1.29 is 22.7 Å². The molecule has 1 aromatic rings. The van der Waals surface area contributed by atoms with Gasteiger partial charge in [0.25, 0.3) is 0 Å². The van der Waals surface area contributed by atoms with Crippen molar-refractivity contribution in [3.05, 3.63) is 23.8 Å². The predicted octanol–water partition coefficient (Wildman–Crippen LogP) is 4.59. The molecule has 0 radical (unpaired) electrons. The molecule has 7 heteroatoms. The maximum absolute atomic E-state index is 12.9. The van der Waals surface area contributed by atoms with E-state index in [1.54, 1.807) is 0 Å². The summed E-state index contributed by atoms with van der Waals surface area (Å²) in [7, 11) is -3.01. The topological polar surface area (TPSA) is 72.9 Å². The zero-order valence-corrected chi connectivity index (χ0v) is 21.3. The predicted molar refractivity (Wildman–Crippen MR) is 134 cm³/mol. The highest BCUT2D eigenvalue weighted by Crippen LogP contribution is 2.32. The Morgan fingerprint density at radius 1 is 0.971 bits per heavy atom. The van der Waals surface area contributed by atoms with Crippen molar-refractivity contribution in [3.63, 3.8) is 0 Å². The molecule has 3 aliphatic rings. The van der Waals surface area contributed by atoms with Crippen LogP contribution in [0.3, 0.4) is 0 Å². The smallest absolute Gasteiger partial charge is 0.161 e. The second-order valence-electron chi connectivity index (χ2n) is 10.4. The summed E-state index contributed by atoms with van der Waals surface area (Å²) in [6, 6.07) is 6.13. The average molecular weight is 492 g/mol. The van der Waals surface area contributed by atoms with E-state index >= 15 is 0 Å². The Labute approximate surface area is 205 Å². The van der Waals surface area contributed by atoms with E-state index in [0.717, 1.165) is 69.7 Å². The summed E-state index contributed by atoms with van der Waals surface area (Å²) in [5.74, 6) is 2.36. The number of fused-ring (bicyclic) bond motifs is 1. The first-order valence-electron chi connectivity index (χ1n) is 13.3. The Kier molecular flexibility index (Phi) is 9.29. The lowest BCUT2D eigenvalue weighted by Gasteiger charge is -2.24. The molecule has 1 atom stereocenters. The average Bonchev–Trinajstić information content (AvgIpc) is 3.35. The minimum atomic E-state index is -3.01. The molecular weight excluding hydrogens is 450 g/mol. The van der Waals surface area contributed by atoms with Crippen molar-refractivity contribution in [1.82, 2.24) is 4.90 Å². The fraction of sp³-hybridized carbons (Fsp3) is 0.741. The molecule has 1 aromatic carbocycles. The largest absolute Gasteiger partial charge is 0.486 e. The first kappa shape index (κ1) is 25.5. The van der Waals surface area contributed by atoms with E-state index in [9.17, 15) is 13.2 Å². The van der Waals surface area contributed by atoms with Crippen molar-refractivity contribution in [2.24, 2.45) is 5.92 Å². The molecule has 0 aromatic heterocycles. The number of Topliss-reactive ketones (excluding diaryl/α,β-unsaturated/α-hetero) is 1. The fourth-order valence-corrected chi connectivity index (χ4v) is 7.71. The molecule has 1 unspecified atom stereocenters. The van der Waals surface area contributed by atoms with Crippen molar-refractivity contribution >= 4 is 15.6 Å². The van der Waals surface area contributed by atoms with Gasteiger partial charge in [0.05, 0.1) is 11.0 Å². The highest BCUT2D eigenvalue weighted by molar-refractivity contribution is 7.92. The quantitative estimate of drug-likeness (QED) is 0.398. The Morgan fingerprint density at radius 2 is 1.71 bits per heavy atom. The van der Waals surface area contributed by atoms with E-state index in [1.807, 2.05) is 6.07 Å². The van der Waals surface area contributed by atoms with Gasteiger partial charge in [-0.15, -0.1) is 0 Å². The van der Waals surface area contributed by atoms with Gasteiger partial charge in [-0.05, 0) is 81.6 Å². The van der Waals surface area contributed by atoms with Gasteiger partial charge in [0.2, 0.25) is 0 Å².